The minimum absolute atomic E-state index is 0.209. The number of hydrazine groups is 1. The molecule has 0 aliphatic rings. The van der Waals surface area contributed by atoms with Gasteiger partial charge in [0.1, 0.15) is 0 Å². The predicted molar refractivity (Wildman–Crippen MR) is 88.0 cm³/mol. The lowest BCUT2D eigenvalue weighted by Crippen LogP contribution is -2.38. The number of benzene rings is 1. The zero-order valence-electron chi connectivity index (χ0n) is 12.5. The molecule has 0 spiro atoms. The van der Waals surface area contributed by atoms with Crippen molar-refractivity contribution in [2.75, 3.05) is 0 Å². The van der Waals surface area contributed by atoms with Crippen molar-refractivity contribution >= 4 is 11.3 Å². The molecule has 2 nitrogen and oxygen atoms in total. The fourth-order valence-corrected chi connectivity index (χ4v) is 2.99. The van der Waals surface area contributed by atoms with Gasteiger partial charge < -0.3 is 0 Å². The van der Waals surface area contributed by atoms with Gasteiger partial charge in [0.15, 0.2) is 0 Å². The third-order valence-electron chi connectivity index (χ3n) is 3.60. The van der Waals surface area contributed by atoms with Gasteiger partial charge >= 0.3 is 0 Å². The van der Waals surface area contributed by atoms with Crippen molar-refractivity contribution in [1.29, 1.82) is 0 Å². The van der Waals surface area contributed by atoms with Gasteiger partial charge in [-0.2, -0.15) is 11.3 Å². The van der Waals surface area contributed by atoms with E-state index in [0.717, 1.165) is 12.8 Å². The summed E-state index contributed by atoms with van der Waals surface area (Å²) in [6.07, 6.45) is 1.93. The largest absolute Gasteiger partial charge is 0.271 e. The standard InChI is InChI=1S/C17H24N2S/c1-17(2,3)15-6-4-13(5-7-15)10-16(19-18)11-14-8-9-20-12-14/h4-9,12,16,19H,10-11,18H2,1-3H3. The van der Waals surface area contributed by atoms with Crippen molar-refractivity contribution in [3.05, 3.63) is 57.8 Å². The van der Waals surface area contributed by atoms with E-state index in [4.69, 9.17) is 5.84 Å². The highest BCUT2D eigenvalue weighted by Crippen LogP contribution is 2.22. The van der Waals surface area contributed by atoms with Crippen molar-refractivity contribution in [1.82, 2.24) is 5.43 Å². The Kier molecular flexibility index (Phi) is 4.97. The number of rotatable bonds is 5. The maximum atomic E-state index is 5.69. The van der Waals surface area contributed by atoms with E-state index >= 15 is 0 Å². The molecular formula is C17H24N2S. The van der Waals surface area contributed by atoms with E-state index in [9.17, 15) is 0 Å². The van der Waals surface area contributed by atoms with Gasteiger partial charge in [0.25, 0.3) is 0 Å². The Bertz CT molecular complexity index is 509. The van der Waals surface area contributed by atoms with Crippen molar-refractivity contribution in [2.24, 2.45) is 5.84 Å². The second-order valence-corrected chi connectivity index (χ2v) is 7.13. The normalized spacial score (nSPS) is 13.4. The predicted octanol–water partition coefficient (Wildman–Crippen LogP) is 3.66. The van der Waals surface area contributed by atoms with Crippen molar-refractivity contribution < 1.29 is 0 Å². The van der Waals surface area contributed by atoms with Crippen LogP contribution in [0.5, 0.6) is 0 Å². The average Bonchev–Trinajstić information content (AvgIpc) is 2.90. The fraction of sp³-hybridized carbons (Fsp3) is 0.412. The number of hydrogen-bond acceptors (Lipinski definition) is 3. The molecule has 0 aliphatic carbocycles. The highest BCUT2D eigenvalue weighted by Gasteiger charge is 2.14. The minimum Gasteiger partial charge on any atom is -0.271 e. The van der Waals surface area contributed by atoms with Crippen LogP contribution in [0.4, 0.5) is 0 Å². The molecule has 0 saturated heterocycles. The van der Waals surface area contributed by atoms with Gasteiger partial charge in [-0.05, 0) is 51.8 Å². The van der Waals surface area contributed by atoms with E-state index in [1.807, 2.05) is 0 Å². The third-order valence-corrected chi connectivity index (χ3v) is 4.33. The molecule has 108 valence electrons. The number of nitrogens with two attached hydrogens (primary N) is 1. The Hall–Kier alpha value is -1.16. The summed E-state index contributed by atoms with van der Waals surface area (Å²) in [4.78, 5) is 0. The van der Waals surface area contributed by atoms with E-state index in [2.05, 4.69) is 67.3 Å². The molecule has 1 atom stereocenters. The Balaban J connectivity index is 2.01. The SMILES string of the molecule is CC(C)(C)c1ccc(CC(Cc2ccsc2)NN)cc1. The van der Waals surface area contributed by atoms with E-state index < -0.39 is 0 Å². The van der Waals surface area contributed by atoms with Gasteiger partial charge in [0.2, 0.25) is 0 Å². The first kappa shape index (κ1) is 15.2. The summed E-state index contributed by atoms with van der Waals surface area (Å²) in [5, 5.41) is 4.30. The zero-order chi connectivity index (χ0) is 14.6. The number of nitrogens with one attached hydrogen (secondary N) is 1. The molecule has 3 N–H and O–H groups in total. The molecule has 2 aromatic rings. The lowest BCUT2D eigenvalue weighted by Gasteiger charge is -2.20. The molecule has 0 bridgehead atoms. The van der Waals surface area contributed by atoms with Crippen LogP contribution in [0.1, 0.15) is 37.5 Å². The van der Waals surface area contributed by atoms with Gasteiger partial charge in [-0.15, -0.1) is 0 Å². The smallest absolute Gasteiger partial charge is 0.0291 e. The van der Waals surface area contributed by atoms with Gasteiger partial charge in [-0.1, -0.05) is 45.0 Å². The van der Waals surface area contributed by atoms with Gasteiger partial charge in [0.05, 0.1) is 0 Å². The summed E-state index contributed by atoms with van der Waals surface area (Å²) < 4.78 is 0. The van der Waals surface area contributed by atoms with E-state index in [1.165, 1.54) is 16.7 Å². The first-order valence-electron chi connectivity index (χ1n) is 7.05. The first-order chi connectivity index (χ1) is 9.49. The Labute approximate surface area is 126 Å². The van der Waals surface area contributed by atoms with Crippen LogP contribution in [0.3, 0.4) is 0 Å². The highest BCUT2D eigenvalue weighted by molar-refractivity contribution is 7.07. The molecule has 0 aliphatic heterocycles. The second kappa shape index (κ2) is 6.53. The van der Waals surface area contributed by atoms with E-state index in [0.29, 0.717) is 0 Å². The lowest BCUT2D eigenvalue weighted by atomic mass is 9.86. The van der Waals surface area contributed by atoms with Crippen LogP contribution < -0.4 is 11.3 Å². The Morgan fingerprint density at radius 1 is 1.05 bits per heavy atom. The summed E-state index contributed by atoms with van der Waals surface area (Å²) in [6.45, 7) is 6.72. The maximum Gasteiger partial charge on any atom is 0.0291 e. The molecule has 20 heavy (non-hydrogen) atoms. The van der Waals surface area contributed by atoms with Crippen molar-refractivity contribution in [3.8, 4) is 0 Å². The molecule has 1 aromatic carbocycles. The molecule has 0 saturated carbocycles. The molecule has 1 aromatic heterocycles. The van der Waals surface area contributed by atoms with Crippen LogP contribution in [0, 0.1) is 0 Å². The summed E-state index contributed by atoms with van der Waals surface area (Å²) in [6, 6.07) is 11.3. The summed E-state index contributed by atoms with van der Waals surface area (Å²) in [5.74, 6) is 5.69. The monoisotopic (exact) mass is 288 g/mol. The molecule has 3 heteroatoms. The second-order valence-electron chi connectivity index (χ2n) is 6.35. The molecule has 0 amide bonds. The molecule has 0 fully saturated rings. The van der Waals surface area contributed by atoms with Crippen LogP contribution >= 0.6 is 11.3 Å². The Morgan fingerprint density at radius 2 is 1.70 bits per heavy atom. The van der Waals surface area contributed by atoms with Crippen LogP contribution in [-0.2, 0) is 18.3 Å². The molecule has 2 rings (SSSR count). The molecular weight excluding hydrogens is 264 g/mol. The maximum absolute atomic E-state index is 5.69. The van der Waals surface area contributed by atoms with E-state index in [-0.39, 0.29) is 11.5 Å². The van der Waals surface area contributed by atoms with Gasteiger partial charge in [-0.25, -0.2) is 0 Å². The highest BCUT2D eigenvalue weighted by atomic mass is 32.1. The third kappa shape index (κ3) is 4.17. The number of thiophene rings is 1. The summed E-state index contributed by atoms with van der Waals surface area (Å²) >= 11 is 1.73. The lowest BCUT2D eigenvalue weighted by molar-refractivity contribution is 0.522. The van der Waals surface area contributed by atoms with Gasteiger partial charge in [-0.3, -0.25) is 11.3 Å². The number of hydrogen-bond donors (Lipinski definition) is 2. The fourth-order valence-electron chi connectivity index (χ4n) is 2.31. The topological polar surface area (TPSA) is 38.0 Å². The van der Waals surface area contributed by atoms with Crippen LogP contribution in [0.25, 0.3) is 0 Å². The Morgan fingerprint density at radius 3 is 2.20 bits per heavy atom. The summed E-state index contributed by atoms with van der Waals surface area (Å²) in [7, 11) is 0. The summed E-state index contributed by atoms with van der Waals surface area (Å²) in [5.41, 5.74) is 7.20. The van der Waals surface area contributed by atoms with Crippen LogP contribution in [0.15, 0.2) is 41.1 Å². The van der Waals surface area contributed by atoms with Crippen molar-refractivity contribution in [3.63, 3.8) is 0 Å². The zero-order valence-corrected chi connectivity index (χ0v) is 13.3. The average molecular weight is 288 g/mol. The molecule has 1 unspecified atom stereocenters. The molecule has 1 heterocycles. The van der Waals surface area contributed by atoms with E-state index in [1.54, 1.807) is 11.3 Å². The van der Waals surface area contributed by atoms with Crippen LogP contribution in [0.2, 0.25) is 0 Å². The van der Waals surface area contributed by atoms with Crippen LogP contribution in [-0.4, -0.2) is 6.04 Å². The van der Waals surface area contributed by atoms with Gasteiger partial charge in [0, 0.05) is 6.04 Å². The quantitative estimate of drug-likeness (QED) is 0.651. The molecule has 0 radical (unpaired) electrons. The minimum atomic E-state index is 0.209. The van der Waals surface area contributed by atoms with Crippen molar-refractivity contribution in [2.45, 2.75) is 45.1 Å². The first-order valence-corrected chi connectivity index (χ1v) is 8.00.